The molecule has 0 spiro atoms. The molecular formula is C25H23ClN4O5. The third-order valence-corrected chi connectivity index (χ3v) is 4.88. The number of carbonyl (C=O) groups is 3. The number of anilines is 2. The number of ether oxygens (including phenoxy) is 2. The lowest BCUT2D eigenvalue weighted by Crippen LogP contribution is -2.32. The van der Waals surface area contributed by atoms with E-state index in [0.717, 1.165) is 5.56 Å². The summed E-state index contributed by atoms with van der Waals surface area (Å²) >= 11 is 6.22. The summed E-state index contributed by atoms with van der Waals surface area (Å²) in [4.78, 5) is 36.0. The standard InChI is InChI=1S/C25H23ClN4O5/c1-16-3-6-18(7-4-16)28-23(31)15-35-22-12-5-17(13-21(22)26)14-27-30-25(33)24(32)29-19-8-10-20(34-2)11-9-19/h3-14H,15H2,1-2H3,(H,28,31)(H,29,32)(H,30,33)/b27-14-. The Balaban J connectivity index is 1.47. The molecule has 0 fully saturated rings. The molecule has 180 valence electrons. The molecule has 0 aliphatic rings. The first-order valence-electron chi connectivity index (χ1n) is 10.4. The van der Waals surface area contributed by atoms with Gasteiger partial charge in [0.1, 0.15) is 11.5 Å². The lowest BCUT2D eigenvalue weighted by Gasteiger charge is -2.09. The Morgan fingerprint density at radius 3 is 2.23 bits per heavy atom. The fraction of sp³-hybridized carbons (Fsp3) is 0.120. The van der Waals surface area contributed by atoms with E-state index in [1.54, 1.807) is 54.6 Å². The second-order valence-corrected chi connectivity index (χ2v) is 7.68. The Kier molecular flexibility index (Phi) is 8.80. The Bertz CT molecular complexity index is 1230. The monoisotopic (exact) mass is 494 g/mol. The van der Waals surface area contributed by atoms with Gasteiger partial charge in [-0.05, 0) is 67.1 Å². The maximum atomic E-state index is 12.1. The molecule has 0 aliphatic heterocycles. The van der Waals surface area contributed by atoms with E-state index < -0.39 is 11.8 Å². The second-order valence-electron chi connectivity index (χ2n) is 7.27. The maximum absolute atomic E-state index is 12.1. The lowest BCUT2D eigenvalue weighted by atomic mass is 10.2. The van der Waals surface area contributed by atoms with E-state index in [-0.39, 0.29) is 17.5 Å². The molecule has 0 radical (unpaired) electrons. The molecule has 3 amide bonds. The molecular weight excluding hydrogens is 472 g/mol. The third-order valence-electron chi connectivity index (χ3n) is 4.58. The quantitative estimate of drug-likeness (QED) is 0.250. The van der Waals surface area contributed by atoms with Crippen LogP contribution in [-0.2, 0) is 14.4 Å². The van der Waals surface area contributed by atoms with Crippen molar-refractivity contribution in [1.82, 2.24) is 5.43 Å². The van der Waals surface area contributed by atoms with Crippen molar-refractivity contribution in [3.8, 4) is 11.5 Å². The van der Waals surface area contributed by atoms with Crippen LogP contribution in [0.4, 0.5) is 11.4 Å². The summed E-state index contributed by atoms with van der Waals surface area (Å²) in [7, 11) is 1.53. The van der Waals surface area contributed by atoms with E-state index in [4.69, 9.17) is 21.1 Å². The fourth-order valence-corrected chi connectivity index (χ4v) is 3.01. The smallest absolute Gasteiger partial charge is 0.329 e. The molecule has 0 saturated carbocycles. The van der Waals surface area contributed by atoms with Gasteiger partial charge in [-0.3, -0.25) is 14.4 Å². The van der Waals surface area contributed by atoms with Crippen LogP contribution in [0.25, 0.3) is 0 Å². The van der Waals surface area contributed by atoms with Crippen LogP contribution in [0.1, 0.15) is 11.1 Å². The molecule has 3 aromatic rings. The van der Waals surface area contributed by atoms with Crippen LogP contribution in [0, 0.1) is 6.92 Å². The minimum atomic E-state index is -0.942. The molecule has 3 rings (SSSR count). The van der Waals surface area contributed by atoms with E-state index in [9.17, 15) is 14.4 Å². The fourth-order valence-electron chi connectivity index (χ4n) is 2.77. The summed E-state index contributed by atoms with van der Waals surface area (Å²) in [6, 6.07) is 18.6. The molecule has 3 N–H and O–H groups in total. The van der Waals surface area contributed by atoms with Crippen molar-refractivity contribution in [2.45, 2.75) is 6.92 Å². The molecule has 9 nitrogen and oxygen atoms in total. The van der Waals surface area contributed by atoms with Crippen LogP contribution in [0.2, 0.25) is 5.02 Å². The van der Waals surface area contributed by atoms with Crippen LogP contribution in [0.3, 0.4) is 0 Å². The van der Waals surface area contributed by atoms with Crippen molar-refractivity contribution < 1.29 is 23.9 Å². The van der Waals surface area contributed by atoms with Crippen molar-refractivity contribution in [3.05, 3.63) is 82.9 Å². The number of hydrazone groups is 1. The number of nitrogens with zero attached hydrogens (tertiary/aromatic N) is 1. The van der Waals surface area contributed by atoms with Crippen molar-refractivity contribution in [1.29, 1.82) is 0 Å². The molecule has 10 heteroatoms. The molecule has 0 aliphatic carbocycles. The van der Waals surface area contributed by atoms with Gasteiger partial charge in [-0.15, -0.1) is 0 Å². The van der Waals surface area contributed by atoms with E-state index in [2.05, 4.69) is 21.2 Å². The minimum Gasteiger partial charge on any atom is -0.497 e. The van der Waals surface area contributed by atoms with Crippen LogP contribution < -0.4 is 25.5 Å². The van der Waals surface area contributed by atoms with Crippen LogP contribution in [0.5, 0.6) is 11.5 Å². The molecule has 0 atom stereocenters. The largest absolute Gasteiger partial charge is 0.497 e. The van der Waals surface area contributed by atoms with Gasteiger partial charge >= 0.3 is 11.8 Å². The van der Waals surface area contributed by atoms with Crippen LogP contribution in [-0.4, -0.2) is 37.7 Å². The molecule has 0 unspecified atom stereocenters. The molecule has 0 heterocycles. The highest BCUT2D eigenvalue weighted by Crippen LogP contribution is 2.25. The van der Waals surface area contributed by atoms with Crippen molar-refractivity contribution in [2.24, 2.45) is 5.10 Å². The number of methoxy groups -OCH3 is 1. The zero-order chi connectivity index (χ0) is 25.2. The molecule has 35 heavy (non-hydrogen) atoms. The van der Waals surface area contributed by atoms with E-state index in [0.29, 0.717) is 28.4 Å². The normalized spacial score (nSPS) is 10.5. The summed E-state index contributed by atoms with van der Waals surface area (Å²) in [6.45, 7) is 1.74. The predicted molar refractivity (Wildman–Crippen MR) is 134 cm³/mol. The van der Waals surface area contributed by atoms with Gasteiger partial charge in [-0.1, -0.05) is 29.3 Å². The Morgan fingerprint density at radius 2 is 1.57 bits per heavy atom. The zero-order valence-corrected chi connectivity index (χ0v) is 19.8. The average molecular weight is 495 g/mol. The highest BCUT2D eigenvalue weighted by atomic mass is 35.5. The number of benzene rings is 3. The summed E-state index contributed by atoms with van der Waals surface area (Å²) in [5.74, 6) is -1.21. The number of nitrogens with one attached hydrogen (secondary N) is 3. The van der Waals surface area contributed by atoms with E-state index in [1.807, 2.05) is 19.1 Å². The predicted octanol–water partition coefficient (Wildman–Crippen LogP) is 3.76. The first kappa shape index (κ1) is 25.3. The number of hydrogen-bond donors (Lipinski definition) is 3. The molecule has 3 aromatic carbocycles. The van der Waals surface area contributed by atoms with Gasteiger partial charge in [-0.2, -0.15) is 5.10 Å². The molecule has 0 aromatic heterocycles. The summed E-state index contributed by atoms with van der Waals surface area (Å²) < 4.78 is 10.5. The number of amides is 3. The first-order valence-corrected chi connectivity index (χ1v) is 10.8. The van der Waals surface area contributed by atoms with Crippen molar-refractivity contribution >= 4 is 46.9 Å². The SMILES string of the molecule is COc1ccc(NC(=O)C(=O)N/N=C\c2ccc(OCC(=O)Nc3ccc(C)cc3)c(Cl)c2)cc1. The maximum Gasteiger partial charge on any atom is 0.329 e. The molecule has 0 saturated heterocycles. The number of aryl methyl sites for hydroxylation is 1. The summed E-state index contributed by atoms with van der Waals surface area (Å²) in [5.41, 5.74) is 4.88. The van der Waals surface area contributed by atoms with Gasteiger partial charge in [0.2, 0.25) is 0 Å². The highest BCUT2D eigenvalue weighted by molar-refractivity contribution is 6.39. The number of hydrogen-bond acceptors (Lipinski definition) is 6. The number of halogens is 1. The third kappa shape index (κ3) is 7.86. The number of rotatable bonds is 8. The van der Waals surface area contributed by atoms with Crippen LogP contribution >= 0.6 is 11.6 Å². The summed E-state index contributed by atoms with van der Waals surface area (Å²) in [6.07, 6.45) is 1.32. The average Bonchev–Trinajstić information content (AvgIpc) is 2.85. The van der Waals surface area contributed by atoms with Gasteiger partial charge in [0.25, 0.3) is 5.91 Å². The van der Waals surface area contributed by atoms with Gasteiger partial charge < -0.3 is 20.1 Å². The zero-order valence-electron chi connectivity index (χ0n) is 19.0. The van der Waals surface area contributed by atoms with Crippen LogP contribution in [0.15, 0.2) is 71.8 Å². The van der Waals surface area contributed by atoms with Crippen molar-refractivity contribution in [3.63, 3.8) is 0 Å². The van der Waals surface area contributed by atoms with Gasteiger partial charge in [-0.25, -0.2) is 5.43 Å². The van der Waals surface area contributed by atoms with Crippen molar-refractivity contribution in [2.75, 3.05) is 24.4 Å². The van der Waals surface area contributed by atoms with E-state index >= 15 is 0 Å². The second kappa shape index (κ2) is 12.2. The minimum absolute atomic E-state index is 0.222. The lowest BCUT2D eigenvalue weighted by molar-refractivity contribution is -0.136. The Labute approximate surface area is 207 Å². The molecule has 0 bridgehead atoms. The topological polar surface area (TPSA) is 118 Å². The highest BCUT2D eigenvalue weighted by Gasteiger charge is 2.13. The summed E-state index contributed by atoms with van der Waals surface area (Å²) in [5, 5.41) is 9.19. The Morgan fingerprint density at radius 1 is 0.914 bits per heavy atom. The first-order chi connectivity index (χ1) is 16.8. The number of carbonyl (C=O) groups excluding carboxylic acids is 3. The van der Waals surface area contributed by atoms with E-state index in [1.165, 1.54) is 13.3 Å². The van der Waals surface area contributed by atoms with Gasteiger partial charge in [0.05, 0.1) is 18.3 Å². The van der Waals surface area contributed by atoms with Gasteiger partial charge in [0.15, 0.2) is 6.61 Å². The Hall–Kier alpha value is -4.37. The van der Waals surface area contributed by atoms with Gasteiger partial charge in [0, 0.05) is 11.4 Å².